The molecule has 0 aliphatic rings. The van der Waals surface area contributed by atoms with Gasteiger partial charge >= 0.3 is 0 Å². The average Bonchev–Trinajstić information content (AvgIpc) is 2.40. The number of benzene rings is 1. The lowest BCUT2D eigenvalue weighted by atomic mass is 10.2. The predicted octanol–water partition coefficient (Wildman–Crippen LogP) is 2.98. The van der Waals surface area contributed by atoms with Crippen LogP contribution in [-0.4, -0.2) is 10.1 Å². The molecular weight excluding hydrogens is 255 g/mol. The number of pyridine rings is 1. The van der Waals surface area contributed by atoms with Gasteiger partial charge in [-0.1, -0.05) is 17.7 Å². The Hall–Kier alpha value is -1.65. The Morgan fingerprint density at radius 3 is 2.89 bits per heavy atom. The van der Waals surface area contributed by atoms with E-state index in [-0.39, 0.29) is 11.6 Å². The van der Waals surface area contributed by atoms with Gasteiger partial charge in [0.2, 0.25) is 0 Å². The third-order valence-corrected chi connectivity index (χ3v) is 2.86. The number of halogens is 2. The van der Waals surface area contributed by atoms with Crippen molar-refractivity contribution in [2.45, 2.75) is 13.2 Å². The van der Waals surface area contributed by atoms with Crippen LogP contribution in [-0.2, 0) is 13.2 Å². The van der Waals surface area contributed by atoms with E-state index >= 15 is 0 Å². The lowest BCUT2D eigenvalue weighted by Crippen LogP contribution is -2.03. The van der Waals surface area contributed by atoms with Crippen LogP contribution >= 0.6 is 11.6 Å². The summed E-state index contributed by atoms with van der Waals surface area (Å²) in [6.07, 6.45) is 3.23. The van der Waals surface area contributed by atoms with Crippen LogP contribution in [0, 0.1) is 5.82 Å². The van der Waals surface area contributed by atoms with E-state index in [1.165, 1.54) is 12.1 Å². The minimum Gasteiger partial charge on any atom is -0.392 e. The molecule has 1 aromatic carbocycles. The summed E-state index contributed by atoms with van der Waals surface area (Å²) in [7, 11) is 0. The van der Waals surface area contributed by atoms with E-state index in [1.54, 1.807) is 24.5 Å². The zero-order chi connectivity index (χ0) is 13.0. The number of hydrogen-bond donors (Lipinski definition) is 2. The highest BCUT2D eigenvalue weighted by Gasteiger charge is 2.03. The summed E-state index contributed by atoms with van der Waals surface area (Å²) >= 11 is 5.61. The van der Waals surface area contributed by atoms with Crippen LogP contribution in [0.3, 0.4) is 0 Å². The maximum Gasteiger partial charge on any atom is 0.142 e. The molecule has 0 aliphatic carbocycles. The molecule has 0 radical (unpaired) electrons. The fourth-order valence-electron chi connectivity index (χ4n) is 1.57. The zero-order valence-corrected chi connectivity index (χ0v) is 10.3. The Kier molecular flexibility index (Phi) is 4.12. The normalized spacial score (nSPS) is 10.4. The van der Waals surface area contributed by atoms with E-state index in [1.807, 2.05) is 0 Å². The number of rotatable bonds is 4. The van der Waals surface area contributed by atoms with E-state index < -0.39 is 5.82 Å². The minimum absolute atomic E-state index is 0.0696. The molecule has 5 heteroatoms. The van der Waals surface area contributed by atoms with Gasteiger partial charge < -0.3 is 10.4 Å². The van der Waals surface area contributed by atoms with Crippen molar-refractivity contribution >= 4 is 17.3 Å². The summed E-state index contributed by atoms with van der Waals surface area (Å²) in [6, 6.07) is 6.37. The second kappa shape index (κ2) is 5.80. The van der Waals surface area contributed by atoms with Crippen molar-refractivity contribution in [1.82, 2.24) is 4.98 Å². The topological polar surface area (TPSA) is 45.2 Å². The van der Waals surface area contributed by atoms with Gasteiger partial charge in [0.05, 0.1) is 23.5 Å². The number of anilines is 1. The molecule has 1 heterocycles. The first kappa shape index (κ1) is 12.8. The molecule has 2 N–H and O–H groups in total. The van der Waals surface area contributed by atoms with Crippen molar-refractivity contribution in [2.75, 3.05) is 5.32 Å². The number of aromatic nitrogens is 1. The van der Waals surface area contributed by atoms with Crippen LogP contribution in [0.5, 0.6) is 0 Å². The largest absolute Gasteiger partial charge is 0.392 e. The Morgan fingerprint density at radius 1 is 1.33 bits per heavy atom. The van der Waals surface area contributed by atoms with Gasteiger partial charge in [0.1, 0.15) is 5.82 Å². The highest BCUT2D eigenvalue weighted by Crippen LogP contribution is 2.18. The van der Waals surface area contributed by atoms with Crippen LogP contribution in [0.15, 0.2) is 36.7 Å². The van der Waals surface area contributed by atoms with Crippen molar-refractivity contribution < 1.29 is 9.50 Å². The van der Waals surface area contributed by atoms with Crippen LogP contribution < -0.4 is 5.32 Å². The summed E-state index contributed by atoms with van der Waals surface area (Å²) in [6.45, 7) is 0.368. The first-order valence-electron chi connectivity index (χ1n) is 5.42. The van der Waals surface area contributed by atoms with Crippen LogP contribution in [0.25, 0.3) is 0 Å². The third-order valence-electron chi connectivity index (χ3n) is 2.55. The number of hydrogen-bond acceptors (Lipinski definition) is 3. The molecule has 0 unspecified atom stereocenters. The van der Waals surface area contributed by atoms with Crippen LogP contribution in [0.1, 0.15) is 11.1 Å². The molecular formula is C13H12ClFN2O. The molecule has 18 heavy (non-hydrogen) atoms. The quantitative estimate of drug-likeness (QED) is 0.894. The van der Waals surface area contributed by atoms with Gasteiger partial charge in [-0.25, -0.2) is 4.39 Å². The highest BCUT2D eigenvalue weighted by molar-refractivity contribution is 6.30. The Balaban J connectivity index is 2.09. The van der Waals surface area contributed by atoms with E-state index in [0.29, 0.717) is 6.54 Å². The Morgan fingerprint density at radius 2 is 2.17 bits per heavy atom. The molecule has 1 aromatic heterocycles. The summed E-state index contributed by atoms with van der Waals surface area (Å²) < 4.78 is 13.2. The summed E-state index contributed by atoms with van der Waals surface area (Å²) in [5.74, 6) is -0.440. The first-order chi connectivity index (χ1) is 8.70. The van der Waals surface area contributed by atoms with Crippen LogP contribution in [0.4, 0.5) is 10.1 Å². The molecule has 0 spiro atoms. The molecule has 0 aliphatic heterocycles. The summed E-state index contributed by atoms with van der Waals surface area (Å²) in [4.78, 5) is 3.97. The SMILES string of the molecule is OCc1ccncc1NCc1ccc(Cl)c(F)c1. The summed E-state index contributed by atoms with van der Waals surface area (Å²) in [5.41, 5.74) is 2.25. The number of nitrogens with zero attached hydrogens (tertiary/aromatic N) is 1. The van der Waals surface area contributed by atoms with E-state index in [2.05, 4.69) is 10.3 Å². The molecule has 0 fully saturated rings. The number of nitrogens with one attached hydrogen (secondary N) is 1. The minimum atomic E-state index is -0.440. The number of aliphatic hydroxyl groups is 1. The fourth-order valence-corrected chi connectivity index (χ4v) is 1.68. The Labute approximate surface area is 109 Å². The lowest BCUT2D eigenvalue weighted by molar-refractivity contribution is 0.282. The van der Waals surface area contributed by atoms with Crippen molar-refractivity contribution in [1.29, 1.82) is 0 Å². The lowest BCUT2D eigenvalue weighted by Gasteiger charge is -2.10. The highest BCUT2D eigenvalue weighted by atomic mass is 35.5. The van der Waals surface area contributed by atoms with Crippen molar-refractivity contribution in [2.24, 2.45) is 0 Å². The van der Waals surface area contributed by atoms with Gasteiger partial charge in [0, 0.05) is 18.3 Å². The monoisotopic (exact) mass is 266 g/mol. The molecule has 3 nitrogen and oxygen atoms in total. The second-order valence-electron chi connectivity index (χ2n) is 3.79. The van der Waals surface area contributed by atoms with Gasteiger partial charge in [0.15, 0.2) is 0 Å². The first-order valence-corrected chi connectivity index (χ1v) is 5.80. The summed E-state index contributed by atoms with van der Waals surface area (Å²) in [5, 5.41) is 12.4. The zero-order valence-electron chi connectivity index (χ0n) is 9.53. The van der Waals surface area contributed by atoms with Gasteiger partial charge in [-0.15, -0.1) is 0 Å². The molecule has 0 bridgehead atoms. The maximum absolute atomic E-state index is 13.2. The van der Waals surface area contributed by atoms with E-state index in [0.717, 1.165) is 16.8 Å². The molecule has 0 amide bonds. The maximum atomic E-state index is 13.2. The molecule has 94 valence electrons. The molecule has 0 saturated heterocycles. The molecule has 0 atom stereocenters. The smallest absolute Gasteiger partial charge is 0.142 e. The van der Waals surface area contributed by atoms with Gasteiger partial charge in [0.25, 0.3) is 0 Å². The standard InChI is InChI=1S/C13H12ClFN2O/c14-11-2-1-9(5-12(11)15)6-17-13-7-16-4-3-10(13)8-18/h1-5,7,17-18H,6,8H2. The van der Waals surface area contributed by atoms with E-state index in [4.69, 9.17) is 16.7 Å². The van der Waals surface area contributed by atoms with Crippen molar-refractivity contribution in [3.05, 3.63) is 58.6 Å². The average molecular weight is 267 g/mol. The number of aliphatic hydroxyl groups excluding tert-OH is 1. The van der Waals surface area contributed by atoms with Gasteiger partial charge in [-0.2, -0.15) is 0 Å². The van der Waals surface area contributed by atoms with E-state index in [9.17, 15) is 4.39 Å². The predicted molar refractivity (Wildman–Crippen MR) is 68.9 cm³/mol. The van der Waals surface area contributed by atoms with Crippen LogP contribution in [0.2, 0.25) is 5.02 Å². The third kappa shape index (κ3) is 2.97. The van der Waals surface area contributed by atoms with Gasteiger partial charge in [-0.3, -0.25) is 4.98 Å². The van der Waals surface area contributed by atoms with Crippen molar-refractivity contribution in [3.8, 4) is 0 Å². The van der Waals surface area contributed by atoms with Gasteiger partial charge in [-0.05, 0) is 23.8 Å². The Bertz CT molecular complexity index is 548. The molecule has 2 aromatic rings. The molecule has 0 saturated carbocycles. The second-order valence-corrected chi connectivity index (χ2v) is 4.20. The van der Waals surface area contributed by atoms with Crippen molar-refractivity contribution in [3.63, 3.8) is 0 Å². The molecule has 2 rings (SSSR count). The fraction of sp³-hybridized carbons (Fsp3) is 0.154.